The lowest BCUT2D eigenvalue weighted by Gasteiger charge is -2.10. The molecule has 0 saturated carbocycles. The molecule has 1 heterocycles. The van der Waals surface area contributed by atoms with Crippen LogP contribution in [0.25, 0.3) is 5.69 Å². The van der Waals surface area contributed by atoms with Gasteiger partial charge in [-0.3, -0.25) is 0 Å². The molecule has 0 radical (unpaired) electrons. The molecule has 0 fully saturated rings. The van der Waals surface area contributed by atoms with E-state index in [1.807, 2.05) is 38.1 Å². The van der Waals surface area contributed by atoms with Crippen molar-refractivity contribution < 1.29 is 4.84 Å². The van der Waals surface area contributed by atoms with E-state index in [1.165, 1.54) is 9.36 Å². The Balaban J connectivity index is 2.24. The van der Waals surface area contributed by atoms with Gasteiger partial charge in [0.15, 0.2) is 0 Å². The number of benzene rings is 1. The minimum absolute atomic E-state index is 0.248. The molecule has 7 nitrogen and oxygen atoms in total. The summed E-state index contributed by atoms with van der Waals surface area (Å²) in [5.74, 6) is 0.460. The number of rotatable bonds is 6. The van der Waals surface area contributed by atoms with Gasteiger partial charge in [-0.05, 0) is 47.9 Å². The number of nitrogens with zero attached hydrogens (tertiary/aromatic N) is 5. The highest BCUT2D eigenvalue weighted by Crippen LogP contribution is 2.18. The first-order chi connectivity index (χ1) is 11.4. The Morgan fingerprint density at radius 3 is 2.75 bits per heavy atom. The molecule has 0 aliphatic heterocycles. The van der Waals surface area contributed by atoms with Gasteiger partial charge >= 0.3 is 5.69 Å². The number of aryl methyl sites for hydroxylation is 2. The van der Waals surface area contributed by atoms with Crippen LogP contribution in [-0.4, -0.2) is 25.5 Å². The van der Waals surface area contributed by atoms with Crippen molar-refractivity contribution in [1.29, 1.82) is 0 Å². The highest BCUT2D eigenvalue weighted by atomic mass is 16.6. The van der Waals surface area contributed by atoms with Crippen LogP contribution in [-0.2, 0) is 18.5 Å². The van der Waals surface area contributed by atoms with Crippen LogP contribution < -0.4 is 5.69 Å². The van der Waals surface area contributed by atoms with E-state index < -0.39 is 0 Å². The molecule has 1 aromatic carbocycles. The average molecular weight is 329 g/mol. The average Bonchev–Trinajstić information content (AvgIpc) is 2.86. The van der Waals surface area contributed by atoms with Gasteiger partial charge in [0.25, 0.3) is 0 Å². The fraction of sp³-hybridized carbons (Fsp3) is 0.412. The minimum atomic E-state index is -0.304. The zero-order valence-electron chi connectivity index (χ0n) is 14.7. The van der Waals surface area contributed by atoms with Gasteiger partial charge in [0.1, 0.15) is 6.61 Å². The third-order valence-electron chi connectivity index (χ3n) is 3.48. The molecule has 24 heavy (non-hydrogen) atoms. The van der Waals surface area contributed by atoms with E-state index in [1.54, 1.807) is 7.05 Å². The number of hydrogen-bond acceptors (Lipinski definition) is 5. The van der Waals surface area contributed by atoms with E-state index in [0.717, 1.165) is 16.8 Å². The molecular formula is C17H23N5O2. The molecule has 1 aromatic heterocycles. The molecule has 0 saturated heterocycles. The fourth-order valence-corrected chi connectivity index (χ4v) is 2.10. The second-order valence-corrected chi connectivity index (χ2v) is 5.98. The van der Waals surface area contributed by atoms with Crippen LogP contribution in [0, 0.1) is 12.8 Å². The van der Waals surface area contributed by atoms with Crippen LogP contribution in [0.4, 0.5) is 0 Å². The van der Waals surface area contributed by atoms with Crippen molar-refractivity contribution in [3.05, 3.63) is 52.0 Å². The van der Waals surface area contributed by atoms with E-state index in [2.05, 4.69) is 35.5 Å². The fourth-order valence-electron chi connectivity index (χ4n) is 2.10. The van der Waals surface area contributed by atoms with Crippen molar-refractivity contribution >= 4 is 5.71 Å². The lowest BCUT2D eigenvalue weighted by molar-refractivity contribution is 0.130. The standard InChI is InChI=1S/C17H23N5O2/c1-12(2)9-10-14(4)18-24-11-15-13(3)7-6-8-16(15)22-17(23)21(5)19-20-22/h6-10,12H,11H2,1-5H3. The van der Waals surface area contributed by atoms with Crippen LogP contribution in [0.5, 0.6) is 0 Å². The SMILES string of the molecule is CC(C=CC(C)C)=NOCc1c(C)cccc1-n1nnn(C)c1=O. The highest BCUT2D eigenvalue weighted by Gasteiger charge is 2.13. The Morgan fingerprint density at radius 1 is 1.38 bits per heavy atom. The number of tetrazole rings is 1. The van der Waals surface area contributed by atoms with E-state index in [9.17, 15) is 4.79 Å². The Hall–Kier alpha value is -2.70. The van der Waals surface area contributed by atoms with Crippen LogP contribution in [0.1, 0.15) is 31.9 Å². The summed E-state index contributed by atoms with van der Waals surface area (Å²) in [4.78, 5) is 17.6. The molecule has 0 unspecified atom stereocenters. The van der Waals surface area contributed by atoms with Gasteiger partial charge in [-0.25, -0.2) is 4.79 Å². The molecule has 0 atom stereocenters. The smallest absolute Gasteiger partial charge is 0.368 e. The summed E-state index contributed by atoms with van der Waals surface area (Å²) in [7, 11) is 1.56. The van der Waals surface area contributed by atoms with E-state index in [-0.39, 0.29) is 12.3 Å². The van der Waals surface area contributed by atoms with Crippen molar-refractivity contribution in [2.45, 2.75) is 34.3 Å². The second kappa shape index (κ2) is 7.72. The number of hydrogen-bond donors (Lipinski definition) is 0. The maximum Gasteiger partial charge on any atom is 0.368 e. The quantitative estimate of drug-likeness (QED) is 0.602. The maximum atomic E-state index is 12.1. The van der Waals surface area contributed by atoms with E-state index >= 15 is 0 Å². The lowest BCUT2D eigenvalue weighted by atomic mass is 10.1. The second-order valence-electron chi connectivity index (χ2n) is 5.98. The lowest BCUT2D eigenvalue weighted by Crippen LogP contribution is -2.23. The normalized spacial score (nSPS) is 12.3. The summed E-state index contributed by atoms with van der Waals surface area (Å²) >= 11 is 0. The van der Waals surface area contributed by atoms with Crippen molar-refractivity contribution in [1.82, 2.24) is 19.8 Å². The highest BCUT2D eigenvalue weighted by molar-refractivity contribution is 5.92. The van der Waals surface area contributed by atoms with Crippen molar-refractivity contribution in [3.8, 4) is 5.69 Å². The van der Waals surface area contributed by atoms with Gasteiger partial charge in [0, 0.05) is 12.6 Å². The number of oxime groups is 1. The number of allylic oxidation sites excluding steroid dienone is 2. The van der Waals surface area contributed by atoms with Crippen molar-refractivity contribution in [2.24, 2.45) is 18.1 Å². The maximum absolute atomic E-state index is 12.1. The Morgan fingerprint density at radius 2 is 2.12 bits per heavy atom. The first-order valence-corrected chi connectivity index (χ1v) is 7.82. The summed E-state index contributed by atoms with van der Waals surface area (Å²) in [6, 6.07) is 5.64. The number of aromatic nitrogens is 4. The molecule has 0 amide bonds. The molecule has 128 valence electrons. The van der Waals surface area contributed by atoms with Crippen molar-refractivity contribution in [2.75, 3.05) is 0 Å². The molecule has 2 aromatic rings. The van der Waals surface area contributed by atoms with Crippen LogP contribution >= 0.6 is 0 Å². The Bertz CT molecular complexity index is 815. The zero-order valence-corrected chi connectivity index (χ0v) is 14.7. The predicted octanol–water partition coefficient (Wildman–Crippen LogP) is 2.38. The first-order valence-electron chi connectivity index (χ1n) is 7.82. The molecule has 0 aliphatic carbocycles. The molecule has 2 rings (SSSR count). The molecular weight excluding hydrogens is 306 g/mol. The van der Waals surface area contributed by atoms with Crippen molar-refractivity contribution in [3.63, 3.8) is 0 Å². The largest absolute Gasteiger partial charge is 0.391 e. The molecule has 7 heteroatoms. The summed E-state index contributed by atoms with van der Waals surface area (Å²) in [5, 5.41) is 11.7. The molecule has 0 aliphatic rings. The first kappa shape index (κ1) is 17.7. The molecule has 0 spiro atoms. The van der Waals surface area contributed by atoms with Crippen LogP contribution in [0.2, 0.25) is 0 Å². The Labute approximate surface area is 141 Å². The summed E-state index contributed by atoms with van der Waals surface area (Å²) in [5.41, 5.74) is 2.98. The van der Waals surface area contributed by atoms with Gasteiger partial charge in [-0.15, -0.1) is 0 Å². The van der Waals surface area contributed by atoms with Crippen LogP contribution in [0.15, 0.2) is 40.3 Å². The van der Waals surface area contributed by atoms with Gasteiger partial charge < -0.3 is 4.84 Å². The van der Waals surface area contributed by atoms with Gasteiger partial charge in [0.05, 0.1) is 11.4 Å². The summed E-state index contributed by atoms with van der Waals surface area (Å²) in [6.07, 6.45) is 3.98. The van der Waals surface area contributed by atoms with Gasteiger partial charge in [-0.2, -0.15) is 9.36 Å². The van der Waals surface area contributed by atoms with E-state index in [0.29, 0.717) is 11.6 Å². The summed E-state index contributed by atoms with van der Waals surface area (Å²) < 4.78 is 2.45. The van der Waals surface area contributed by atoms with E-state index in [4.69, 9.17) is 4.84 Å². The predicted molar refractivity (Wildman–Crippen MR) is 93.2 cm³/mol. The van der Waals surface area contributed by atoms with Gasteiger partial charge in [0.2, 0.25) is 0 Å². The Kier molecular flexibility index (Phi) is 5.68. The third-order valence-corrected chi connectivity index (χ3v) is 3.48. The zero-order chi connectivity index (χ0) is 17.7. The topological polar surface area (TPSA) is 74.3 Å². The third kappa shape index (κ3) is 4.18. The molecule has 0 N–H and O–H groups in total. The summed E-state index contributed by atoms with van der Waals surface area (Å²) in [6.45, 7) is 8.28. The van der Waals surface area contributed by atoms with Gasteiger partial charge in [-0.1, -0.05) is 37.2 Å². The minimum Gasteiger partial charge on any atom is -0.391 e. The monoisotopic (exact) mass is 329 g/mol. The van der Waals surface area contributed by atoms with Crippen LogP contribution in [0.3, 0.4) is 0 Å². The molecule has 0 bridgehead atoms.